The molecule has 0 unspecified atom stereocenters. The van der Waals surface area contributed by atoms with Gasteiger partial charge < -0.3 is 15.8 Å². The fourth-order valence-corrected chi connectivity index (χ4v) is 2.37. The predicted molar refractivity (Wildman–Crippen MR) is 86.6 cm³/mol. The van der Waals surface area contributed by atoms with Crippen molar-refractivity contribution in [3.8, 4) is 5.75 Å². The van der Waals surface area contributed by atoms with Gasteiger partial charge >= 0.3 is 6.18 Å². The molecule has 0 aliphatic carbocycles. The maximum atomic E-state index is 12.7. The Labute approximate surface area is 145 Å². The number of nitrogens with zero attached hydrogens (tertiary/aromatic N) is 2. The minimum atomic E-state index is -4.53. The molecule has 0 saturated heterocycles. The zero-order chi connectivity index (χ0) is 18.9. The Bertz CT molecular complexity index is 870. The molecule has 1 aliphatic heterocycles. The maximum absolute atomic E-state index is 12.7. The maximum Gasteiger partial charge on any atom is 0.416 e. The van der Waals surface area contributed by atoms with Crippen LogP contribution in [0, 0.1) is 0 Å². The molecule has 26 heavy (non-hydrogen) atoms. The van der Waals surface area contributed by atoms with Crippen LogP contribution in [0.1, 0.15) is 5.56 Å². The topological polar surface area (TPSA) is 97.5 Å². The normalized spacial score (nSPS) is 13.8. The number of aromatic nitrogens is 1. The average Bonchev–Trinajstić information content (AvgIpc) is 2.57. The largest absolute Gasteiger partial charge is 0.480 e. The number of halogens is 3. The van der Waals surface area contributed by atoms with Gasteiger partial charge in [0.1, 0.15) is 12.4 Å². The van der Waals surface area contributed by atoms with Crippen LogP contribution in [0.4, 0.5) is 30.5 Å². The van der Waals surface area contributed by atoms with Crippen molar-refractivity contribution in [1.29, 1.82) is 0 Å². The molecule has 2 amide bonds. The lowest BCUT2D eigenvalue weighted by atomic mass is 10.2. The van der Waals surface area contributed by atoms with E-state index in [0.717, 1.165) is 17.0 Å². The summed E-state index contributed by atoms with van der Waals surface area (Å²) in [7, 11) is 0. The second-order valence-electron chi connectivity index (χ2n) is 5.45. The monoisotopic (exact) mass is 366 g/mol. The van der Waals surface area contributed by atoms with E-state index < -0.39 is 30.1 Å². The number of amides is 2. The van der Waals surface area contributed by atoms with Crippen LogP contribution >= 0.6 is 0 Å². The fraction of sp³-hybridized carbons (Fsp3) is 0.188. The lowest BCUT2D eigenvalue weighted by molar-refractivity contribution is -0.137. The van der Waals surface area contributed by atoms with E-state index in [1.807, 2.05) is 0 Å². The van der Waals surface area contributed by atoms with Crippen molar-refractivity contribution < 1.29 is 27.5 Å². The second-order valence-corrected chi connectivity index (χ2v) is 5.45. The van der Waals surface area contributed by atoms with Gasteiger partial charge in [-0.15, -0.1) is 0 Å². The van der Waals surface area contributed by atoms with E-state index in [0.29, 0.717) is 0 Å². The van der Waals surface area contributed by atoms with Gasteiger partial charge in [0.2, 0.25) is 5.91 Å². The van der Waals surface area contributed by atoms with Gasteiger partial charge in [-0.2, -0.15) is 13.2 Å². The number of ether oxygens (including phenoxy) is 1. The van der Waals surface area contributed by atoms with Crippen LogP contribution in [0.15, 0.2) is 36.4 Å². The van der Waals surface area contributed by atoms with E-state index in [2.05, 4.69) is 10.3 Å². The lowest BCUT2D eigenvalue weighted by Gasteiger charge is -2.27. The molecule has 10 heteroatoms. The highest BCUT2D eigenvalue weighted by Gasteiger charge is 2.31. The number of carbonyl (C=O) groups is 2. The van der Waals surface area contributed by atoms with Crippen molar-refractivity contribution in [1.82, 2.24) is 4.98 Å². The average molecular weight is 366 g/mol. The molecule has 0 bridgehead atoms. The molecule has 0 atom stereocenters. The minimum Gasteiger partial charge on any atom is -0.480 e. The SMILES string of the molecule is Nc1ccc2c(n1)N(CC(=O)Nc1cccc(C(F)(F)F)c1)C(=O)CO2. The number of carbonyl (C=O) groups excluding carboxylic acids is 2. The molecule has 3 rings (SSSR count). The van der Waals surface area contributed by atoms with Crippen molar-refractivity contribution in [2.24, 2.45) is 0 Å². The number of alkyl halides is 3. The highest BCUT2D eigenvalue weighted by atomic mass is 19.4. The summed E-state index contributed by atoms with van der Waals surface area (Å²) in [5.41, 5.74) is 4.66. The number of benzene rings is 1. The summed E-state index contributed by atoms with van der Waals surface area (Å²) in [6.45, 7) is -0.725. The Hall–Kier alpha value is -3.30. The summed E-state index contributed by atoms with van der Waals surface area (Å²) in [5, 5.41) is 2.34. The van der Waals surface area contributed by atoms with E-state index in [9.17, 15) is 22.8 Å². The Morgan fingerprint density at radius 1 is 1.31 bits per heavy atom. The molecule has 0 radical (unpaired) electrons. The van der Waals surface area contributed by atoms with E-state index in [1.54, 1.807) is 0 Å². The van der Waals surface area contributed by atoms with Gasteiger partial charge in [-0.25, -0.2) is 4.98 Å². The first-order chi connectivity index (χ1) is 12.2. The van der Waals surface area contributed by atoms with Gasteiger partial charge in [0.15, 0.2) is 18.2 Å². The van der Waals surface area contributed by atoms with Crippen molar-refractivity contribution >= 4 is 29.1 Å². The molecule has 3 N–H and O–H groups in total. The van der Waals surface area contributed by atoms with E-state index in [-0.39, 0.29) is 29.7 Å². The fourth-order valence-electron chi connectivity index (χ4n) is 2.37. The number of hydrogen-bond donors (Lipinski definition) is 2. The number of pyridine rings is 1. The molecule has 1 aromatic carbocycles. The Kier molecular flexibility index (Phi) is 4.41. The molecule has 0 saturated carbocycles. The predicted octanol–water partition coefficient (Wildman–Crippen LogP) is 2.05. The third-order valence-corrected chi connectivity index (χ3v) is 3.54. The zero-order valence-corrected chi connectivity index (χ0v) is 13.2. The van der Waals surface area contributed by atoms with Crippen LogP contribution in [0.5, 0.6) is 5.75 Å². The number of rotatable bonds is 3. The highest BCUT2D eigenvalue weighted by Crippen LogP contribution is 2.32. The molecular formula is C16H13F3N4O3. The molecule has 0 spiro atoms. The Morgan fingerprint density at radius 2 is 2.08 bits per heavy atom. The van der Waals surface area contributed by atoms with Gasteiger partial charge in [0.25, 0.3) is 5.91 Å². The second kappa shape index (κ2) is 6.54. The van der Waals surface area contributed by atoms with Crippen LogP contribution in [0.25, 0.3) is 0 Å². The number of nitrogen functional groups attached to an aromatic ring is 1. The number of nitrogens with one attached hydrogen (secondary N) is 1. The molecular weight excluding hydrogens is 353 g/mol. The summed E-state index contributed by atoms with van der Waals surface area (Å²) in [4.78, 5) is 29.3. The number of hydrogen-bond acceptors (Lipinski definition) is 5. The summed E-state index contributed by atoms with van der Waals surface area (Å²) in [5.74, 6) is -0.707. The first kappa shape index (κ1) is 17.5. The Balaban J connectivity index is 1.77. The van der Waals surface area contributed by atoms with Gasteiger partial charge in [-0.1, -0.05) is 6.07 Å². The molecule has 0 fully saturated rings. The van der Waals surface area contributed by atoms with Gasteiger partial charge in [0, 0.05) is 5.69 Å². The Morgan fingerprint density at radius 3 is 2.81 bits per heavy atom. The third-order valence-electron chi connectivity index (χ3n) is 3.54. The van der Waals surface area contributed by atoms with Crippen LogP contribution in [0.2, 0.25) is 0 Å². The van der Waals surface area contributed by atoms with E-state index >= 15 is 0 Å². The summed E-state index contributed by atoms with van der Waals surface area (Å²) >= 11 is 0. The van der Waals surface area contributed by atoms with Crippen molar-refractivity contribution in [3.05, 3.63) is 42.0 Å². The summed E-state index contributed by atoms with van der Waals surface area (Å²) in [6.07, 6.45) is -4.53. The number of fused-ring (bicyclic) bond motifs is 1. The van der Waals surface area contributed by atoms with Gasteiger partial charge in [-0.3, -0.25) is 14.5 Å². The van der Waals surface area contributed by atoms with Gasteiger partial charge in [0.05, 0.1) is 5.56 Å². The summed E-state index contributed by atoms with van der Waals surface area (Å²) < 4.78 is 43.4. The zero-order valence-electron chi connectivity index (χ0n) is 13.2. The first-order valence-electron chi connectivity index (χ1n) is 7.41. The standard InChI is InChI=1S/C16H13F3N4O3/c17-16(18,19)9-2-1-3-10(6-9)21-13(24)7-23-14(25)8-26-11-4-5-12(20)22-15(11)23/h1-6H,7-8H2,(H2,20,22)(H,21,24). The van der Waals surface area contributed by atoms with E-state index in [1.165, 1.54) is 24.3 Å². The van der Waals surface area contributed by atoms with Crippen LogP contribution in [-0.4, -0.2) is 29.9 Å². The van der Waals surface area contributed by atoms with Crippen molar-refractivity contribution in [2.75, 3.05) is 29.1 Å². The van der Waals surface area contributed by atoms with E-state index in [4.69, 9.17) is 10.5 Å². The summed E-state index contributed by atoms with van der Waals surface area (Å²) in [6, 6.07) is 7.19. The van der Waals surface area contributed by atoms with Crippen molar-refractivity contribution in [3.63, 3.8) is 0 Å². The molecule has 1 aliphatic rings. The number of anilines is 3. The van der Waals surface area contributed by atoms with Crippen molar-refractivity contribution in [2.45, 2.75) is 6.18 Å². The molecule has 2 aromatic rings. The van der Waals surface area contributed by atoms with Crippen LogP contribution in [0.3, 0.4) is 0 Å². The van der Waals surface area contributed by atoms with Crippen LogP contribution < -0.4 is 20.7 Å². The minimum absolute atomic E-state index is 0.0358. The molecule has 1 aromatic heterocycles. The van der Waals surface area contributed by atoms with Gasteiger partial charge in [-0.05, 0) is 30.3 Å². The lowest BCUT2D eigenvalue weighted by Crippen LogP contribution is -2.44. The molecule has 2 heterocycles. The quantitative estimate of drug-likeness (QED) is 0.867. The first-order valence-corrected chi connectivity index (χ1v) is 7.41. The third kappa shape index (κ3) is 3.68. The number of nitrogens with two attached hydrogens (primary N) is 1. The smallest absolute Gasteiger partial charge is 0.416 e. The molecule has 136 valence electrons. The molecule has 7 nitrogen and oxygen atoms in total. The van der Waals surface area contributed by atoms with Crippen LogP contribution in [-0.2, 0) is 15.8 Å². The highest BCUT2D eigenvalue weighted by molar-refractivity contribution is 6.04.